The molecule has 2 aliphatic rings. The smallest absolute Gasteiger partial charge is 0.251 e. The van der Waals surface area contributed by atoms with Crippen LogP contribution in [0.2, 0.25) is 0 Å². The molecular formula is C17H25N3O3S. The molecule has 0 saturated carbocycles. The molecule has 1 saturated heterocycles. The first-order chi connectivity index (χ1) is 11.3. The van der Waals surface area contributed by atoms with Gasteiger partial charge < -0.3 is 10.2 Å². The van der Waals surface area contributed by atoms with E-state index in [9.17, 15) is 13.2 Å². The van der Waals surface area contributed by atoms with Crippen molar-refractivity contribution in [3.63, 3.8) is 0 Å². The Labute approximate surface area is 143 Å². The molecule has 1 amide bonds. The standard InChI is InChI=1S/C17H25N3O3S/c1-12-10-14-11-13(4-5-16(14)20(12)24(3,22)23)17(21)18-15-6-8-19(2)9-7-15/h4-5,11-12,15H,6-10H2,1-3H3,(H,18,21). The van der Waals surface area contributed by atoms with Gasteiger partial charge in [-0.2, -0.15) is 0 Å². The number of anilines is 1. The summed E-state index contributed by atoms with van der Waals surface area (Å²) in [5.74, 6) is -0.0715. The van der Waals surface area contributed by atoms with E-state index < -0.39 is 10.0 Å². The zero-order valence-electron chi connectivity index (χ0n) is 14.4. The molecule has 1 N–H and O–H groups in total. The SMILES string of the molecule is CC1Cc2cc(C(=O)NC3CCN(C)CC3)ccc2N1S(C)(=O)=O. The molecule has 2 aliphatic heterocycles. The Hall–Kier alpha value is -1.60. The van der Waals surface area contributed by atoms with Gasteiger partial charge in [-0.1, -0.05) is 0 Å². The largest absolute Gasteiger partial charge is 0.349 e. The highest BCUT2D eigenvalue weighted by Gasteiger charge is 2.33. The van der Waals surface area contributed by atoms with E-state index in [0.29, 0.717) is 17.7 Å². The molecular weight excluding hydrogens is 326 g/mol. The van der Waals surface area contributed by atoms with Gasteiger partial charge in [0.1, 0.15) is 0 Å². The van der Waals surface area contributed by atoms with Crippen molar-refractivity contribution >= 4 is 21.6 Å². The van der Waals surface area contributed by atoms with E-state index in [1.165, 1.54) is 10.6 Å². The van der Waals surface area contributed by atoms with Crippen molar-refractivity contribution in [2.24, 2.45) is 0 Å². The third-order valence-electron chi connectivity index (χ3n) is 4.91. The number of benzene rings is 1. The molecule has 24 heavy (non-hydrogen) atoms. The van der Waals surface area contributed by atoms with Crippen LogP contribution in [0.1, 0.15) is 35.7 Å². The molecule has 0 spiro atoms. The fraction of sp³-hybridized carbons (Fsp3) is 0.588. The van der Waals surface area contributed by atoms with Gasteiger partial charge in [-0.05, 0) is 70.1 Å². The van der Waals surface area contributed by atoms with Crippen molar-refractivity contribution < 1.29 is 13.2 Å². The number of carbonyl (C=O) groups excluding carboxylic acids is 1. The normalized spacial score (nSPS) is 22.5. The van der Waals surface area contributed by atoms with E-state index in [1.54, 1.807) is 12.1 Å². The molecule has 0 radical (unpaired) electrons. The summed E-state index contributed by atoms with van der Waals surface area (Å²) >= 11 is 0. The van der Waals surface area contributed by atoms with Crippen LogP contribution in [0.4, 0.5) is 5.69 Å². The van der Waals surface area contributed by atoms with E-state index in [-0.39, 0.29) is 18.0 Å². The van der Waals surface area contributed by atoms with Crippen LogP contribution in [-0.2, 0) is 16.4 Å². The quantitative estimate of drug-likeness (QED) is 0.889. The molecule has 0 bridgehead atoms. The number of hydrogen-bond acceptors (Lipinski definition) is 4. The van der Waals surface area contributed by atoms with Gasteiger partial charge in [0.25, 0.3) is 5.91 Å². The van der Waals surface area contributed by atoms with Gasteiger partial charge in [-0.15, -0.1) is 0 Å². The molecule has 2 heterocycles. The minimum absolute atomic E-state index is 0.0715. The maximum atomic E-state index is 12.5. The number of fused-ring (bicyclic) bond motifs is 1. The van der Waals surface area contributed by atoms with Crippen LogP contribution in [0, 0.1) is 0 Å². The van der Waals surface area contributed by atoms with Crippen LogP contribution >= 0.6 is 0 Å². The number of nitrogens with one attached hydrogen (secondary N) is 1. The zero-order valence-corrected chi connectivity index (χ0v) is 15.3. The molecule has 7 heteroatoms. The van der Waals surface area contributed by atoms with Crippen molar-refractivity contribution in [2.45, 2.75) is 38.3 Å². The van der Waals surface area contributed by atoms with Gasteiger partial charge in [0.2, 0.25) is 10.0 Å². The lowest BCUT2D eigenvalue weighted by atomic mass is 10.0. The van der Waals surface area contributed by atoms with E-state index >= 15 is 0 Å². The van der Waals surface area contributed by atoms with Gasteiger partial charge >= 0.3 is 0 Å². The number of hydrogen-bond donors (Lipinski definition) is 1. The predicted octanol–water partition coefficient (Wildman–Crippen LogP) is 1.22. The minimum Gasteiger partial charge on any atom is -0.349 e. The third-order valence-corrected chi connectivity index (χ3v) is 6.18. The first kappa shape index (κ1) is 17.2. The highest BCUT2D eigenvalue weighted by atomic mass is 32.2. The lowest BCUT2D eigenvalue weighted by Crippen LogP contribution is -2.43. The Balaban J connectivity index is 1.75. The molecule has 1 atom stereocenters. The van der Waals surface area contributed by atoms with Crippen LogP contribution in [0.15, 0.2) is 18.2 Å². The monoisotopic (exact) mass is 351 g/mol. The van der Waals surface area contributed by atoms with Gasteiger partial charge in [-0.3, -0.25) is 9.10 Å². The van der Waals surface area contributed by atoms with Crippen molar-refractivity contribution in [3.05, 3.63) is 29.3 Å². The van der Waals surface area contributed by atoms with E-state index in [2.05, 4.69) is 17.3 Å². The summed E-state index contributed by atoms with van der Waals surface area (Å²) in [5, 5.41) is 3.10. The van der Waals surface area contributed by atoms with E-state index in [1.807, 2.05) is 13.0 Å². The Morgan fingerprint density at radius 3 is 2.54 bits per heavy atom. The summed E-state index contributed by atoms with van der Waals surface area (Å²) in [6.45, 7) is 3.88. The molecule has 1 aromatic carbocycles. The van der Waals surface area contributed by atoms with Crippen LogP contribution < -0.4 is 9.62 Å². The molecule has 1 unspecified atom stereocenters. The van der Waals surface area contributed by atoms with Crippen molar-refractivity contribution in [2.75, 3.05) is 30.7 Å². The average Bonchev–Trinajstić information content (AvgIpc) is 2.84. The summed E-state index contributed by atoms with van der Waals surface area (Å²) in [6.07, 6.45) is 3.79. The summed E-state index contributed by atoms with van der Waals surface area (Å²) in [7, 11) is -1.21. The Kier molecular flexibility index (Phi) is 4.57. The Bertz CT molecular complexity index is 739. The van der Waals surface area contributed by atoms with Gasteiger partial charge in [0.05, 0.1) is 11.9 Å². The lowest BCUT2D eigenvalue weighted by molar-refractivity contribution is 0.0917. The molecule has 1 aromatic rings. The van der Waals surface area contributed by atoms with E-state index in [0.717, 1.165) is 31.5 Å². The van der Waals surface area contributed by atoms with E-state index in [4.69, 9.17) is 0 Å². The number of sulfonamides is 1. The Morgan fingerprint density at radius 1 is 1.25 bits per heavy atom. The molecule has 0 aromatic heterocycles. The maximum Gasteiger partial charge on any atom is 0.251 e. The summed E-state index contributed by atoms with van der Waals surface area (Å²) < 4.78 is 25.4. The van der Waals surface area contributed by atoms with Crippen molar-refractivity contribution in [1.82, 2.24) is 10.2 Å². The summed E-state index contributed by atoms with van der Waals surface area (Å²) in [4.78, 5) is 14.8. The minimum atomic E-state index is -3.30. The molecule has 0 aliphatic carbocycles. The number of likely N-dealkylation sites (tertiary alicyclic amines) is 1. The molecule has 1 fully saturated rings. The number of rotatable bonds is 3. The fourth-order valence-electron chi connectivity index (χ4n) is 3.67. The van der Waals surface area contributed by atoms with Crippen molar-refractivity contribution in [1.29, 1.82) is 0 Å². The molecule has 6 nitrogen and oxygen atoms in total. The molecule has 132 valence electrons. The van der Waals surface area contributed by atoms with Gasteiger partial charge in [0.15, 0.2) is 0 Å². The number of piperidine rings is 1. The number of nitrogens with zero attached hydrogens (tertiary/aromatic N) is 2. The van der Waals surface area contributed by atoms with Crippen LogP contribution in [0.3, 0.4) is 0 Å². The molecule has 3 rings (SSSR count). The first-order valence-electron chi connectivity index (χ1n) is 8.37. The van der Waals surface area contributed by atoms with Crippen LogP contribution in [0.5, 0.6) is 0 Å². The number of amides is 1. The second-order valence-electron chi connectivity index (χ2n) is 7.01. The van der Waals surface area contributed by atoms with Gasteiger partial charge in [0, 0.05) is 17.6 Å². The third kappa shape index (κ3) is 3.42. The van der Waals surface area contributed by atoms with Crippen LogP contribution in [-0.4, -0.2) is 57.7 Å². The second kappa shape index (κ2) is 6.37. The average molecular weight is 351 g/mol. The summed E-state index contributed by atoms with van der Waals surface area (Å²) in [6, 6.07) is 5.42. The number of carbonyl (C=O) groups is 1. The van der Waals surface area contributed by atoms with Crippen molar-refractivity contribution in [3.8, 4) is 0 Å². The lowest BCUT2D eigenvalue weighted by Gasteiger charge is -2.29. The topological polar surface area (TPSA) is 69.7 Å². The fourth-order valence-corrected chi connectivity index (χ4v) is 4.93. The predicted molar refractivity (Wildman–Crippen MR) is 94.9 cm³/mol. The zero-order chi connectivity index (χ0) is 17.5. The second-order valence-corrected chi connectivity index (χ2v) is 8.87. The first-order valence-corrected chi connectivity index (χ1v) is 10.2. The highest BCUT2D eigenvalue weighted by molar-refractivity contribution is 7.92. The summed E-state index contributed by atoms with van der Waals surface area (Å²) in [5.41, 5.74) is 2.22. The maximum absolute atomic E-state index is 12.5. The highest BCUT2D eigenvalue weighted by Crippen LogP contribution is 2.34. The van der Waals surface area contributed by atoms with Crippen LogP contribution in [0.25, 0.3) is 0 Å². The Morgan fingerprint density at radius 2 is 1.92 bits per heavy atom. The van der Waals surface area contributed by atoms with Gasteiger partial charge in [-0.25, -0.2) is 8.42 Å².